The van der Waals surface area contributed by atoms with E-state index < -0.39 is 0 Å². The largest absolute Gasteiger partial charge is 0.299 e. The van der Waals surface area contributed by atoms with E-state index in [-0.39, 0.29) is 0 Å². The summed E-state index contributed by atoms with van der Waals surface area (Å²) < 4.78 is 1.05. The van der Waals surface area contributed by atoms with E-state index in [0.29, 0.717) is 12.2 Å². The van der Waals surface area contributed by atoms with Crippen molar-refractivity contribution in [3.05, 3.63) is 34.3 Å². The highest BCUT2D eigenvalue weighted by molar-refractivity contribution is 9.10. The number of carbonyl (C=O) groups excluding carboxylic acids is 1. The van der Waals surface area contributed by atoms with E-state index in [1.165, 1.54) is 103 Å². The highest BCUT2D eigenvalue weighted by atomic mass is 79.9. The maximum Gasteiger partial charge on any atom is 0.137 e. The highest BCUT2D eigenvalue weighted by Gasteiger charge is 2.06. The normalized spacial score (nSPS) is 11.1. The van der Waals surface area contributed by atoms with Gasteiger partial charge >= 0.3 is 0 Å². The molecule has 0 aromatic heterocycles. The lowest BCUT2D eigenvalue weighted by Gasteiger charge is -2.05. The molecule has 0 fully saturated rings. The zero-order chi connectivity index (χ0) is 21.0. The Labute approximate surface area is 189 Å². The van der Waals surface area contributed by atoms with Crippen molar-refractivity contribution >= 4 is 21.7 Å². The van der Waals surface area contributed by atoms with Crippen molar-refractivity contribution in [3.8, 4) is 0 Å². The van der Waals surface area contributed by atoms with Crippen molar-refractivity contribution < 1.29 is 4.79 Å². The van der Waals surface area contributed by atoms with Gasteiger partial charge < -0.3 is 0 Å². The molecule has 29 heavy (non-hydrogen) atoms. The Morgan fingerprint density at radius 2 is 1.07 bits per heavy atom. The molecular formula is C27H45BrO. The second-order valence-electron chi connectivity index (χ2n) is 8.71. The maximum atomic E-state index is 12.1. The van der Waals surface area contributed by atoms with Crippen LogP contribution in [-0.4, -0.2) is 5.78 Å². The zero-order valence-electron chi connectivity index (χ0n) is 19.0. The Morgan fingerprint density at radius 1 is 0.655 bits per heavy atom. The molecule has 0 saturated carbocycles. The minimum atomic E-state index is 0.373. The van der Waals surface area contributed by atoms with Crippen LogP contribution in [0.5, 0.6) is 0 Å². The van der Waals surface area contributed by atoms with Gasteiger partial charge in [-0.25, -0.2) is 0 Å². The molecule has 1 aromatic carbocycles. The molecule has 0 spiro atoms. The van der Waals surface area contributed by atoms with E-state index in [1.807, 2.05) is 24.3 Å². The minimum Gasteiger partial charge on any atom is -0.299 e. The van der Waals surface area contributed by atoms with Gasteiger partial charge in [-0.15, -0.1) is 0 Å². The Morgan fingerprint density at radius 3 is 1.52 bits per heavy atom. The summed E-state index contributed by atoms with van der Waals surface area (Å²) in [5.74, 6) is 0.373. The van der Waals surface area contributed by atoms with Gasteiger partial charge in [0.15, 0.2) is 0 Å². The Kier molecular flexibility index (Phi) is 17.6. The van der Waals surface area contributed by atoms with E-state index in [9.17, 15) is 4.79 Å². The highest BCUT2D eigenvalue weighted by Crippen LogP contribution is 2.18. The van der Waals surface area contributed by atoms with Gasteiger partial charge in [0.05, 0.1) is 0 Å². The van der Waals surface area contributed by atoms with Gasteiger partial charge in [0.1, 0.15) is 5.78 Å². The molecule has 166 valence electrons. The van der Waals surface area contributed by atoms with Gasteiger partial charge in [-0.2, -0.15) is 0 Å². The number of unbranched alkanes of at least 4 members (excludes halogenated alkanes) is 16. The molecule has 0 aliphatic rings. The topological polar surface area (TPSA) is 17.1 Å². The third kappa shape index (κ3) is 15.8. The second kappa shape index (κ2) is 19.3. The lowest BCUT2D eigenvalue weighted by molar-refractivity contribution is -0.118. The van der Waals surface area contributed by atoms with Crippen molar-refractivity contribution in [1.82, 2.24) is 0 Å². The lowest BCUT2D eigenvalue weighted by atomic mass is 10.0. The summed E-state index contributed by atoms with van der Waals surface area (Å²) in [6, 6.07) is 8.05. The molecule has 1 nitrogen and oxygen atoms in total. The number of carbonyl (C=O) groups is 1. The molecule has 1 aromatic rings. The van der Waals surface area contributed by atoms with Gasteiger partial charge in [0.2, 0.25) is 0 Å². The first-order valence-electron chi connectivity index (χ1n) is 12.5. The van der Waals surface area contributed by atoms with Gasteiger partial charge in [0.25, 0.3) is 0 Å². The predicted molar refractivity (Wildman–Crippen MR) is 132 cm³/mol. The second-order valence-corrected chi connectivity index (χ2v) is 9.57. The van der Waals surface area contributed by atoms with Crippen LogP contribution in [0, 0.1) is 0 Å². The molecule has 0 radical (unpaired) electrons. The Hall–Kier alpha value is -0.630. The van der Waals surface area contributed by atoms with Crippen LogP contribution in [-0.2, 0) is 11.2 Å². The Balaban J connectivity index is 1.79. The average molecular weight is 466 g/mol. The third-order valence-corrected chi connectivity index (χ3v) is 6.68. The zero-order valence-corrected chi connectivity index (χ0v) is 20.6. The van der Waals surface area contributed by atoms with E-state index in [1.54, 1.807) is 0 Å². The smallest absolute Gasteiger partial charge is 0.137 e. The molecule has 0 aliphatic carbocycles. The van der Waals surface area contributed by atoms with Crippen molar-refractivity contribution in [2.75, 3.05) is 0 Å². The van der Waals surface area contributed by atoms with Gasteiger partial charge in [-0.1, -0.05) is 144 Å². The number of hydrogen-bond acceptors (Lipinski definition) is 1. The van der Waals surface area contributed by atoms with E-state index in [0.717, 1.165) is 22.9 Å². The van der Waals surface area contributed by atoms with Crippen molar-refractivity contribution in [3.63, 3.8) is 0 Å². The summed E-state index contributed by atoms with van der Waals surface area (Å²) in [5, 5.41) is 0. The van der Waals surface area contributed by atoms with Crippen LogP contribution < -0.4 is 0 Å². The quantitative estimate of drug-likeness (QED) is 0.175. The number of Topliss-reactive ketones (excluding diaryl/α,β-unsaturated/α-hetero) is 1. The van der Waals surface area contributed by atoms with Crippen molar-refractivity contribution in [2.45, 2.75) is 129 Å². The third-order valence-electron chi connectivity index (χ3n) is 5.90. The van der Waals surface area contributed by atoms with Crippen LogP contribution >= 0.6 is 15.9 Å². The summed E-state index contributed by atoms with van der Waals surface area (Å²) >= 11 is 3.53. The van der Waals surface area contributed by atoms with Gasteiger partial charge in [0, 0.05) is 17.3 Å². The van der Waals surface area contributed by atoms with Crippen LogP contribution in [0.3, 0.4) is 0 Å². The van der Waals surface area contributed by atoms with E-state index >= 15 is 0 Å². The first-order chi connectivity index (χ1) is 14.2. The average Bonchev–Trinajstić information content (AvgIpc) is 2.72. The van der Waals surface area contributed by atoms with E-state index in [2.05, 4.69) is 22.9 Å². The number of rotatable bonds is 20. The first-order valence-corrected chi connectivity index (χ1v) is 13.3. The summed E-state index contributed by atoms with van der Waals surface area (Å²) in [7, 11) is 0. The summed E-state index contributed by atoms with van der Waals surface area (Å²) in [5.41, 5.74) is 1.12. The molecule has 0 aliphatic heterocycles. The van der Waals surface area contributed by atoms with Crippen LogP contribution in [0.4, 0.5) is 0 Å². The first kappa shape index (κ1) is 26.4. The lowest BCUT2D eigenvalue weighted by Crippen LogP contribution is -2.03. The van der Waals surface area contributed by atoms with Crippen molar-refractivity contribution in [1.29, 1.82) is 0 Å². The van der Waals surface area contributed by atoms with Gasteiger partial charge in [-0.05, 0) is 18.1 Å². The molecule has 0 heterocycles. The summed E-state index contributed by atoms with van der Waals surface area (Å²) in [4.78, 5) is 12.1. The molecule has 1 rings (SSSR count). The summed E-state index contributed by atoms with van der Waals surface area (Å²) in [6.07, 6.45) is 24.7. The van der Waals surface area contributed by atoms with Crippen LogP contribution in [0.25, 0.3) is 0 Å². The Bertz CT molecular complexity index is 511. The van der Waals surface area contributed by atoms with Gasteiger partial charge in [-0.3, -0.25) is 4.79 Å². The molecule has 0 saturated heterocycles. The maximum absolute atomic E-state index is 12.1. The van der Waals surface area contributed by atoms with Crippen LogP contribution in [0.15, 0.2) is 28.7 Å². The number of halogens is 1. The fourth-order valence-corrected chi connectivity index (χ4v) is 4.41. The van der Waals surface area contributed by atoms with Crippen LogP contribution in [0.1, 0.15) is 128 Å². The molecule has 0 atom stereocenters. The molecule has 0 unspecified atom stereocenters. The number of ketones is 1. The van der Waals surface area contributed by atoms with E-state index in [4.69, 9.17) is 0 Å². The fraction of sp³-hybridized carbons (Fsp3) is 0.741. The molecular weight excluding hydrogens is 420 g/mol. The van der Waals surface area contributed by atoms with Crippen LogP contribution in [0.2, 0.25) is 0 Å². The SMILES string of the molecule is CCCCCCCCCCCCCCCCCCCC(=O)Cc1ccccc1Br. The fourth-order valence-electron chi connectivity index (χ4n) is 3.99. The number of benzene rings is 1. The standard InChI is InChI=1S/C27H45BrO/c1-2-3-4-5-6-7-8-9-10-11-12-13-14-15-16-17-18-22-26(29)24-25-21-19-20-23-27(25)28/h19-21,23H,2-18,22,24H2,1H3. The minimum absolute atomic E-state index is 0.373. The monoisotopic (exact) mass is 464 g/mol. The van der Waals surface area contributed by atoms with Crippen molar-refractivity contribution in [2.24, 2.45) is 0 Å². The molecule has 0 bridgehead atoms. The molecule has 0 N–H and O–H groups in total. The molecule has 2 heteroatoms. The number of hydrogen-bond donors (Lipinski definition) is 0. The summed E-state index contributed by atoms with van der Waals surface area (Å²) in [6.45, 7) is 2.29. The predicted octanol–water partition coefficient (Wildman–Crippen LogP) is 9.60. The molecule has 0 amide bonds.